The highest BCUT2D eigenvalue weighted by atomic mass is 16.5. The van der Waals surface area contributed by atoms with Crippen LogP contribution in [-0.2, 0) is 4.74 Å². The quantitative estimate of drug-likeness (QED) is 0.831. The van der Waals surface area contributed by atoms with E-state index < -0.39 is 0 Å². The molecule has 0 aromatic carbocycles. The normalized spacial score (nSPS) is 16.5. The number of hydrazine groups is 1. The number of nitrogens with one attached hydrogen (secondary N) is 1. The zero-order valence-electron chi connectivity index (χ0n) is 10.2. The van der Waals surface area contributed by atoms with Crippen LogP contribution in [0, 0.1) is 25.2 Å². The van der Waals surface area contributed by atoms with E-state index in [1.165, 1.54) is 0 Å². The van der Waals surface area contributed by atoms with Crippen LogP contribution >= 0.6 is 0 Å². The third kappa shape index (κ3) is 2.73. The number of rotatable bonds is 2. The minimum Gasteiger partial charge on any atom is -0.379 e. The maximum Gasteiger partial charge on any atom is 0.158 e. The third-order valence-corrected chi connectivity index (χ3v) is 2.73. The summed E-state index contributed by atoms with van der Waals surface area (Å²) in [7, 11) is 0. The van der Waals surface area contributed by atoms with E-state index in [0.717, 1.165) is 24.3 Å². The molecule has 90 valence electrons. The predicted molar refractivity (Wildman–Crippen MR) is 64.4 cm³/mol. The second kappa shape index (κ2) is 5.13. The van der Waals surface area contributed by atoms with Gasteiger partial charge in [-0.1, -0.05) is 0 Å². The van der Waals surface area contributed by atoms with Gasteiger partial charge < -0.3 is 10.2 Å². The van der Waals surface area contributed by atoms with Gasteiger partial charge in [0.1, 0.15) is 6.07 Å². The summed E-state index contributed by atoms with van der Waals surface area (Å²) in [5.74, 6) is 0.645. The first-order valence-corrected chi connectivity index (χ1v) is 5.68. The monoisotopic (exact) mass is 232 g/mol. The van der Waals surface area contributed by atoms with Gasteiger partial charge in [0.2, 0.25) is 0 Å². The molecule has 1 N–H and O–H groups in total. The van der Waals surface area contributed by atoms with Crippen LogP contribution < -0.4 is 5.43 Å². The molecule has 1 saturated heterocycles. The Morgan fingerprint density at radius 1 is 1.41 bits per heavy atom. The molecule has 0 unspecified atom stereocenters. The highest BCUT2D eigenvalue weighted by Crippen LogP contribution is 2.18. The fraction of sp³-hybridized carbons (Fsp3) is 0.500. The standard InChI is InChI=1S/C12H16N4O/c1-9-7-10(2)14-12(11(9)8-13)15-16-3-5-17-6-4-16/h7H,3-6H2,1-2H3,(H,14,15). The average Bonchev–Trinajstić information content (AvgIpc) is 2.30. The Kier molecular flexibility index (Phi) is 3.57. The molecule has 0 aliphatic carbocycles. The van der Waals surface area contributed by atoms with Gasteiger partial charge >= 0.3 is 0 Å². The number of aromatic nitrogens is 1. The van der Waals surface area contributed by atoms with Crippen LogP contribution in [0.3, 0.4) is 0 Å². The molecule has 0 amide bonds. The van der Waals surface area contributed by atoms with Crippen LogP contribution in [0.2, 0.25) is 0 Å². The van der Waals surface area contributed by atoms with Gasteiger partial charge in [-0.25, -0.2) is 9.99 Å². The molecule has 1 aromatic heterocycles. The van der Waals surface area contributed by atoms with Gasteiger partial charge in [-0.2, -0.15) is 5.26 Å². The number of anilines is 1. The Hall–Kier alpha value is -1.64. The molecule has 2 rings (SSSR count). The predicted octanol–water partition coefficient (Wildman–Crippen LogP) is 1.23. The molecule has 5 heteroatoms. The van der Waals surface area contributed by atoms with E-state index in [1.807, 2.05) is 24.9 Å². The molecule has 0 radical (unpaired) electrons. The van der Waals surface area contributed by atoms with Gasteiger partial charge in [0.25, 0.3) is 0 Å². The maximum absolute atomic E-state index is 9.15. The molecule has 1 aliphatic rings. The lowest BCUT2D eigenvalue weighted by Crippen LogP contribution is -2.40. The molecule has 5 nitrogen and oxygen atoms in total. The van der Waals surface area contributed by atoms with Crippen molar-refractivity contribution in [3.8, 4) is 6.07 Å². The molecule has 0 spiro atoms. The molecular formula is C12H16N4O. The average molecular weight is 232 g/mol. The topological polar surface area (TPSA) is 61.2 Å². The van der Waals surface area contributed by atoms with Gasteiger partial charge in [-0.3, -0.25) is 0 Å². The van der Waals surface area contributed by atoms with Crippen molar-refractivity contribution in [1.82, 2.24) is 9.99 Å². The molecule has 1 fully saturated rings. The van der Waals surface area contributed by atoms with Crippen LogP contribution in [-0.4, -0.2) is 36.3 Å². The summed E-state index contributed by atoms with van der Waals surface area (Å²) in [5, 5.41) is 11.2. The van der Waals surface area contributed by atoms with E-state index in [2.05, 4.69) is 16.5 Å². The highest BCUT2D eigenvalue weighted by Gasteiger charge is 2.14. The Morgan fingerprint density at radius 2 is 2.12 bits per heavy atom. The lowest BCUT2D eigenvalue weighted by atomic mass is 10.1. The maximum atomic E-state index is 9.15. The van der Waals surface area contributed by atoms with Crippen molar-refractivity contribution < 1.29 is 4.74 Å². The number of nitrogens with zero attached hydrogens (tertiary/aromatic N) is 3. The van der Waals surface area contributed by atoms with E-state index >= 15 is 0 Å². The highest BCUT2D eigenvalue weighted by molar-refractivity contribution is 5.55. The zero-order chi connectivity index (χ0) is 12.3. The Bertz CT molecular complexity index is 447. The summed E-state index contributed by atoms with van der Waals surface area (Å²) in [6.07, 6.45) is 0. The Morgan fingerprint density at radius 3 is 2.76 bits per heavy atom. The third-order valence-electron chi connectivity index (χ3n) is 2.73. The van der Waals surface area contributed by atoms with E-state index in [9.17, 15) is 0 Å². The van der Waals surface area contributed by atoms with Crippen LogP contribution in [0.1, 0.15) is 16.8 Å². The minimum atomic E-state index is 0.613. The summed E-state index contributed by atoms with van der Waals surface area (Å²) in [6, 6.07) is 4.12. The smallest absolute Gasteiger partial charge is 0.158 e. The fourth-order valence-electron chi connectivity index (χ4n) is 1.88. The first-order valence-electron chi connectivity index (χ1n) is 5.68. The van der Waals surface area contributed by atoms with Crippen LogP contribution in [0.25, 0.3) is 0 Å². The lowest BCUT2D eigenvalue weighted by Gasteiger charge is -2.28. The number of hydrogen-bond acceptors (Lipinski definition) is 5. The Balaban J connectivity index is 2.22. The number of morpholine rings is 1. The second-order valence-electron chi connectivity index (χ2n) is 4.13. The molecule has 2 heterocycles. The number of hydrogen-bond donors (Lipinski definition) is 1. The first kappa shape index (κ1) is 11.8. The number of pyridine rings is 1. The van der Waals surface area contributed by atoms with Crippen molar-refractivity contribution in [3.05, 3.63) is 22.9 Å². The largest absolute Gasteiger partial charge is 0.379 e. The van der Waals surface area contributed by atoms with E-state index in [4.69, 9.17) is 10.00 Å². The SMILES string of the molecule is Cc1cc(C)c(C#N)c(NN2CCOCC2)n1. The number of nitriles is 1. The first-order chi connectivity index (χ1) is 8.20. The lowest BCUT2D eigenvalue weighted by molar-refractivity contribution is 0.0494. The second-order valence-corrected chi connectivity index (χ2v) is 4.13. The summed E-state index contributed by atoms with van der Waals surface area (Å²) in [4.78, 5) is 4.38. The number of ether oxygens (including phenoxy) is 1. The molecular weight excluding hydrogens is 216 g/mol. The molecule has 0 bridgehead atoms. The van der Waals surface area contributed by atoms with Crippen molar-refractivity contribution in [2.75, 3.05) is 31.7 Å². The van der Waals surface area contributed by atoms with Crippen LogP contribution in [0.5, 0.6) is 0 Å². The van der Waals surface area contributed by atoms with Crippen molar-refractivity contribution in [3.63, 3.8) is 0 Å². The van der Waals surface area contributed by atoms with Crippen LogP contribution in [0.4, 0.5) is 5.82 Å². The Labute approximate surface area is 101 Å². The van der Waals surface area contributed by atoms with Gasteiger partial charge in [0.15, 0.2) is 5.82 Å². The number of aryl methyl sites for hydroxylation is 2. The minimum absolute atomic E-state index is 0.613. The molecule has 1 aromatic rings. The summed E-state index contributed by atoms with van der Waals surface area (Å²) >= 11 is 0. The van der Waals surface area contributed by atoms with Crippen molar-refractivity contribution >= 4 is 5.82 Å². The van der Waals surface area contributed by atoms with Gasteiger partial charge in [0, 0.05) is 18.8 Å². The molecule has 17 heavy (non-hydrogen) atoms. The zero-order valence-corrected chi connectivity index (χ0v) is 10.2. The van der Waals surface area contributed by atoms with Gasteiger partial charge in [-0.15, -0.1) is 0 Å². The van der Waals surface area contributed by atoms with E-state index in [0.29, 0.717) is 24.6 Å². The van der Waals surface area contributed by atoms with Crippen molar-refractivity contribution in [2.45, 2.75) is 13.8 Å². The molecule has 0 atom stereocenters. The van der Waals surface area contributed by atoms with Crippen LogP contribution in [0.15, 0.2) is 6.07 Å². The van der Waals surface area contributed by atoms with Gasteiger partial charge in [0.05, 0.1) is 18.8 Å². The molecule has 1 aliphatic heterocycles. The van der Waals surface area contributed by atoms with E-state index in [1.54, 1.807) is 0 Å². The molecule has 0 saturated carbocycles. The summed E-state index contributed by atoms with van der Waals surface area (Å²) in [5.41, 5.74) is 5.68. The summed E-state index contributed by atoms with van der Waals surface area (Å²) in [6.45, 7) is 6.88. The summed E-state index contributed by atoms with van der Waals surface area (Å²) < 4.78 is 5.27. The van der Waals surface area contributed by atoms with Gasteiger partial charge in [-0.05, 0) is 25.5 Å². The van der Waals surface area contributed by atoms with Crippen molar-refractivity contribution in [1.29, 1.82) is 5.26 Å². The van der Waals surface area contributed by atoms with E-state index in [-0.39, 0.29) is 0 Å². The van der Waals surface area contributed by atoms with Crippen molar-refractivity contribution in [2.24, 2.45) is 0 Å². The fourth-order valence-corrected chi connectivity index (χ4v) is 1.88.